The average Bonchev–Trinajstić information content (AvgIpc) is 2.04. The van der Waals surface area contributed by atoms with Gasteiger partial charge in [0, 0.05) is 5.75 Å². The summed E-state index contributed by atoms with van der Waals surface area (Å²) in [6.45, 7) is 0. The molecule has 0 spiro atoms. The SMILES string of the molecule is OC1CSC1c1ccccc1. The topological polar surface area (TPSA) is 20.2 Å². The van der Waals surface area contributed by atoms with Crippen molar-refractivity contribution < 1.29 is 5.11 Å². The van der Waals surface area contributed by atoms with E-state index in [-0.39, 0.29) is 6.10 Å². The minimum absolute atomic E-state index is 0.123. The van der Waals surface area contributed by atoms with E-state index in [9.17, 15) is 5.11 Å². The van der Waals surface area contributed by atoms with Gasteiger partial charge < -0.3 is 5.11 Å². The molecule has 1 aliphatic rings. The van der Waals surface area contributed by atoms with Crippen LogP contribution in [0.5, 0.6) is 0 Å². The Kier molecular flexibility index (Phi) is 1.88. The normalized spacial score (nSPS) is 29.5. The molecule has 2 unspecified atom stereocenters. The number of benzene rings is 1. The van der Waals surface area contributed by atoms with Crippen molar-refractivity contribution in [2.75, 3.05) is 5.75 Å². The van der Waals surface area contributed by atoms with E-state index in [0.29, 0.717) is 5.25 Å². The molecule has 0 amide bonds. The van der Waals surface area contributed by atoms with Crippen LogP contribution in [0.3, 0.4) is 0 Å². The lowest BCUT2D eigenvalue weighted by atomic mass is 10.1. The second-order valence-electron chi connectivity index (χ2n) is 2.73. The first-order chi connectivity index (χ1) is 5.38. The zero-order valence-corrected chi connectivity index (χ0v) is 6.92. The number of aliphatic hydroxyl groups excluding tert-OH is 1. The van der Waals surface area contributed by atoms with Gasteiger partial charge in [-0.25, -0.2) is 0 Å². The predicted molar refractivity (Wildman–Crippen MR) is 47.6 cm³/mol. The average molecular weight is 166 g/mol. The van der Waals surface area contributed by atoms with Crippen LogP contribution in [0.2, 0.25) is 0 Å². The summed E-state index contributed by atoms with van der Waals surface area (Å²) in [6.07, 6.45) is -0.123. The van der Waals surface area contributed by atoms with Crippen LogP contribution in [0.15, 0.2) is 30.3 Å². The van der Waals surface area contributed by atoms with Crippen molar-refractivity contribution >= 4 is 11.8 Å². The minimum Gasteiger partial charge on any atom is -0.391 e. The summed E-state index contributed by atoms with van der Waals surface area (Å²) in [4.78, 5) is 0. The molecule has 58 valence electrons. The second kappa shape index (κ2) is 2.88. The van der Waals surface area contributed by atoms with Crippen molar-refractivity contribution in [3.63, 3.8) is 0 Å². The highest BCUT2D eigenvalue weighted by Gasteiger charge is 2.30. The zero-order chi connectivity index (χ0) is 7.68. The van der Waals surface area contributed by atoms with Crippen LogP contribution in [-0.4, -0.2) is 17.0 Å². The van der Waals surface area contributed by atoms with Gasteiger partial charge in [-0.1, -0.05) is 30.3 Å². The fourth-order valence-electron chi connectivity index (χ4n) is 1.24. The highest BCUT2D eigenvalue weighted by molar-refractivity contribution is 8.01. The molecule has 2 atom stereocenters. The Hall–Kier alpha value is -0.470. The van der Waals surface area contributed by atoms with Gasteiger partial charge in [-0.2, -0.15) is 0 Å². The molecule has 0 aromatic heterocycles. The lowest BCUT2D eigenvalue weighted by molar-refractivity contribution is 0.182. The molecular formula is C9H10OS. The van der Waals surface area contributed by atoms with Crippen molar-refractivity contribution in [1.82, 2.24) is 0 Å². The van der Waals surface area contributed by atoms with Crippen molar-refractivity contribution in [1.29, 1.82) is 0 Å². The van der Waals surface area contributed by atoms with Crippen LogP contribution < -0.4 is 0 Å². The van der Waals surface area contributed by atoms with Crippen molar-refractivity contribution in [3.8, 4) is 0 Å². The summed E-state index contributed by atoms with van der Waals surface area (Å²) in [6, 6.07) is 10.2. The standard InChI is InChI=1S/C9H10OS/c10-8-6-11-9(8)7-4-2-1-3-5-7/h1-5,8-10H,6H2. The van der Waals surface area contributed by atoms with E-state index in [1.54, 1.807) is 0 Å². The first-order valence-electron chi connectivity index (χ1n) is 3.72. The van der Waals surface area contributed by atoms with Gasteiger partial charge in [0.05, 0.1) is 11.4 Å². The molecule has 1 aromatic carbocycles. The molecule has 1 nitrogen and oxygen atoms in total. The van der Waals surface area contributed by atoms with Crippen LogP contribution in [0.4, 0.5) is 0 Å². The molecule has 1 aromatic rings. The Morgan fingerprint density at radius 3 is 2.45 bits per heavy atom. The molecule has 0 saturated carbocycles. The van der Waals surface area contributed by atoms with E-state index in [1.807, 2.05) is 30.0 Å². The second-order valence-corrected chi connectivity index (χ2v) is 3.91. The summed E-state index contributed by atoms with van der Waals surface area (Å²) in [5.74, 6) is 0.888. The van der Waals surface area contributed by atoms with Crippen LogP contribution >= 0.6 is 11.8 Å². The van der Waals surface area contributed by atoms with Gasteiger partial charge in [-0.05, 0) is 5.56 Å². The molecule has 11 heavy (non-hydrogen) atoms. The maximum atomic E-state index is 9.34. The number of aliphatic hydroxyl groups is 1. The minimum atomic E-state index is -0.123. The van der Waals surface area contributed by atoms with E-state index in [0.717, 1.165) is 5.75 Å². The van der Waals surface area contributed by atoms with Crippen molar-refractivity contribution in [3.05, 3.63) is 35.9 Å². The van der Waals surface area contributed by atoms with Crippen LogP contribution in [0.1, 0.15) is 10.8 Å². The molecule has 0 radical (unpaired) electrons. The van der Waals surface area contributed by atoms with Gasteiger partial charge in [0.1, 0.15) is 0 Å². The highest BCUT2D eigenvalue weighted by atomic mass is 32.2. The zero-order valence-electron chi connectivity index (χ0n) is 6.10. The first kappa shape index (κ1) is 7.19. The summed E-state index contributed by atoms with van der Waals surface area (Å²) >= 11 is 1.82. The lowest BCUT2D eigenvalue weighted by Crippen LogP contribution is -2.28. The monoisotopic (exact) mass is 166 g/mol. The lowest BCUT2D eigenvalue weighted by Gasteiger charge is -2.31. The van der Waals surface area contributed by atoms with Crippen LogP contribution in [-0.2, 0) is 0 Å². The molecule has 0 aliphatic carbocycles. The van der Waals surface area contributed by atoms with Gasteiger partial charge >= 0.3 is 0 Å². The summed E-state index contributed by atoms with van der Waals surface area (Å²) in [5, 5.41) is 9.67. The van der Waals surface area contributed by atoms with Crippen LogP contribution in [0.25, 0.3) is 0 Å². The highest BCUT2D eigenvalue weighted by Crippen LogP contribution is 2.42. The van der Waals surface area contributed by atoms with Crippen LogP contribution in [0, 0.1) is 0 Å². The predicted octanol–water partition coefficient (Wildman–Crippen LogP) is 1.84. The number of hydrogen-bond donors (Lipinski definition) is 1. The van der Waals surface area contributed by atoms with Gasteiger partial charge in [-0.15, -0.1) is 11.8 Å². The summed E-state index contributed by atoms with van der Waals surface area (Å²) < 4.78 is 0. The van der Waals surface area contributed by atoms with Gasteiger partial charge in [0.15, 0.2) is 0 Å². The third-order valence-corrected chi connectivity index (χ3v) is 3.40. The molecule has 1 fully saturated rings. The van der Waals surface area contributed by atoms with Gasteiger partial charge in [-0.3, -0.25) is 0 Å². The summed E-state index contributed by atoms with van der Waals surface area (Å²) in [5.41, 5.74) is 1.25. The molecular weight excluding hydrogens is 156 g/mol. The largest absolute Gasteiger partial charge is 0.391 e. The Labute approximate surface area is 70.4 Å². The summed E-state index contributed by atoms with van der Waals surface area (Å²) in [7, 11) is 0. The van der Waals surface area contributed by atoms with E-state index >= 15 is 0 Å². The maximum Gasteiger partial charge on any atom is 0.0790 e. The molecule has 0 bridgehead atoms. The van der Waals surface area contributed by atoms with Gasteiger partial charge in [0.2, 0.25) is 0 Å². The first-order valence-corrected chi connectivity index (χ1v) is 4.77. The van der Waals surface area contributed by atoms with Crippen molar-refractivity contribution in [2.24, 2.45) is 0 Å². The Morgan fingerprint density at radius 1 is 1.27 bits per heavy atom. The smallest absolute Gasteiger partial charge is 0.0790 e. The van der Waals surface area contributed by atoms with E-state index < -0.39 is 0 Å². The number of thioether (sulfide) groups is 1. The van der Waals surface area contributed by atoms with Crippen molar-refractivity contribution in [2.45, 2.75) is 11.4 Å². The van der Waals surface area contributed by atoms with Gasteiger partial charge in [0.25, 0.3) is 0 Å². The van der Waals surface area contributed by atoms with E-state index in [2.05, 4.69) is 12.1 Å². The third-order valence-electron chi connectivity index (χ3n) is 1.92. The van der Waals surface area contributed by atoms with E-state index in [4.69, 9.17) is 0 Å². The maximum absolute atomic E-state index is 9.34. The Morgan fingerprint density at radius 2 is 2.00 bits per heavy atom. The third kappa shape index (κ3) is 1.28. The molecule has 1 aliphatic heterocycles. The Balaban J connectivity index is 2.17. The molecule has 1 heterocycles. The van der Waals surface area contributed by atoms with E-state index in [1.165, 1.54) is 5.56 Å². The number of rotatable bonds is 1. The fraction of sp³-hybridized carbons (Fsp3) is 0.333. The molecule has 1 saturated heterocycles. The molecule has 2 heteroatoms. The fourth-order valence-corrected chi connectivity index (χ4v) is 2.15. The molecule has 2 rings (SSSR count). The Bertz CT molecular complexity index is 235. The number of hydrogen-bond acceptors (Lipinski definition) is 2. The molecule has 1 N–H and O–H groups in total. The quantitative estimate of drug-likeness (QED) is 0.687.